The van der Waals surface area contributed by atoms with Crippen LogP contribution in [0.4, 0.5) is 0 Å². The average Bonchev–Trinajstić information content (AvgIpc) is 3.15. The molecule has 0 aliphatic carbocycles. The van der Waals surface area contributed by atoms with E-state index < -0.39 is 0 Å². The zero-order valence-electron chi connectivity index (χ0n) is 12.0. The van der Waals surface area contributed by atoms with Crippen LogP contribution in [0.15, 0.2) is 11.6 Å². The molecular weight excluding hydrogens is 290 g/mol. The van der Waals surface area contributed by atoms with Gasteiger partial charge in [-0.1, -0.05) is 0 Å². The third kappa shape index (κ3) is 2.63. The molecule has 1 saturated heterocycles. The Labute approximate surface area is 126 Å². The number of amides is 1. The van der Waals surface area contributed by atoms with Gasteiger partial charge in [0.25, 0.3) is 5.91 Å². The number of aromatic nitrogens is 4. The summed E-state index contributed by atoms with van der Waals surface area (Å²) in [5.41, 5.74) is 0. The Morgan fingerprint density at radius 3 is 3.00 bits per heavy atom. The summed E-state index contributed by atoms with van der Waals surface area (Å²) in [5.74, 6) is 0.0200. The van der Waals surface area contributed by atoms with Crippen LogP contribution >= 0.6 is 11.3 Å². The van der Waals surface area contributed by atoms with Crippen LogP contribution in [0.5, 0.6) is 6.01 Å². The molecule has 1 aliphatic rings. The first kappa shape index (κ1) is 14.0. The van der Waals surface area contributed by atoms with Crippen molar-refractivity contribution >= 4 is 17.2 Å². The lowest BCUT2D eigenvalue weighted by atomic mass is 10.0. The molecule has 1 unspecified atom stereocenters. The quantitative estimate of drug-likeness (QED) is 0.862. The first-order valence-corrected chi connectivity index (χ1v) is 7.74. The number of carbonyl (C=O) groups excluding carboxylic acids is 1. The van der Waals surface area contributed by atoms with Crippen molar-refractivity contribution in [2.75, 3.05) is 13.7 Å². The number of hydrogen-bond acceptors (Lipinski definition) is 6. The third-order valence-corrected chi connectivity index (χ3v) is 4.47. The predicted octanol–water partition coefficient (Wildman–Crippen LogP) is 1.65. The van der Waals surface area contributed by atoms with E-state index in [0.29, 0.717) is 12.6 Å². The van der Waals surface area contributed by atoms with E-state index >= 15 is 0 Å². The van der Waals surface area contributed by atoms with Gasteiger partial charge in [0, 0.05) is 25.2 Å². The second-order valence-electron chi connectivity index (χ2n) is 4.93. The lowest BCUT2D eigenvalue weighted by Crippen LogP contribution is -2.39. The number of hydrogen-bond donors (Lipinski definition) is 0. The second kappa shape index (κ2) is 5.80. The smallest absolute Gasteiger partial charge is 0.314 e. The summed E-state index contributed by atoms with van der Waals surface area (Å²) in [7, 11) is 3.22. The molecule has 112 valence electrons. The van der Waals surface area contributed by atoms with Crippen LogP contribution in [0.25, 0.3) is 0 Å². The summed E-state index contributed by atoms with van der Waals surface area (Å²) in [6.45, 7) is 0.712. The molecule has 0 radical (unpaired) electrons. The number of rotatable bonds is 3. The van der Waals surface area contributed by atoms with Gasteiger partial charge >= 0.3 is 6.01 Å². The van der Waals surface area contributed by atoms with Crippen molar-refractivity contribution in [3.63, 3.8) is 0 Å². The Morgan fingerprint density at radius 2 is 2.33 bits per heavy atom. The first-order chi connectivity index (χ1) is 10.2. The predicted molar refractivity (Wildman–Crippen MR) is 77.3 cm³/mol. The zero-order valence-corrected chi connectivity index (χ0v) is 12.8. The lowest BCUT2D eigenvalue weighted by molar-refractivity contribution is 0.0598. The van der Waals surface area contributed by atoms with Crippen LogP contribution < -0.4 is 4.74 Å². The van der Waals surface area contributed by atoms with Gasteiger partial charge in [-0.2, -0.15) is 4.98 Å². The minimum Gasteiger partial charge on any atom is -0.467 e. The highest BCUT2D eigenvalue weighted by Crippen LogP contribution is 2.32. The van der Waals surface area contributed by atoms with E-state index in [1.165, 1.54) is 11.8 Å². The normalized spacial score (nSPS) is 18.8. The van der Waals surface area contributed by atoms with Crippen LogP contribution in [-0.4, -0.2) is 44.2 Å². The molecule has 1 fully saturated rings. The fourth-order valence-electron chi connectivity index (χ4n) is 2.60. The molecule has 0 bridgehead atoms. The summed E-state index contributed by atoms with van der Waals surface area (Å²) < 4.78 is 6.54. The molecule has 2 aromatic heterocycles. The van der Waals surface area contributed by atoms with E-state index in [9.17, 15) is 4.79 Å². The molecular formula is C13H17N5O2S. The Balaban J connectivity index is 1.87. The molecule has 0 N–H and O–H groups in total. The van der Waals surface area contributed by atoms with Gasteiger partial charge in [-0.25, -0.2) is 9.67 Å². The van der Waals surface area contributed by atoms with Gasteiger partial charge in [-0.3, -0.25) is 4.79 Å². The number of piperidine rings is 1. The number of aryl methyl sites for hydroxylation is 1. The Morgan fingerprint density at radius 1 is 1.48 bits per heavy atom. The maximum Gasteiger partial charge on any atom is 0.314 e. The fourth-order valence-corrected chi connectivity index (χ4v) is 3.38. The van der Waals surface area contributed by atoms with Crippen LogP contribution in [0.2, 0.25) is 0 Å². The Kier molecular flexibility index (Phi) is 3.87. The molecule has 8 heteroatoms. The summed E-state index contributed by atoms with van der Waals surface area (Å²) in [5, 5.41) is 7.06. The van der Waals surface area contributed by atoms with Crippen molar-refractivity contribution in [2.45, 2.75) is 25.3 Å². The monoisotopic (exact) mass is 307 g/mol. The lowest BCUT2D eigenvalue weighted by Gasteiger charge is -2.33. The van der Waals surface area contributed by atoms with Crippen LogP contribution in [0.1, 0.15) is 40.9 Å². The van der Waals surface area contributed by atoms with Crippen molar-refractivity contribution in [1.29, 1.82) is 0 Å². The van der Waals surface area contributed by atoms with E-state index in [2.05, 4.69) is 15.1 Å². The molecule has 0 aromatic carbocycles. The molecule has 1 amide bonds. The number of methoxy groups -OCH3 is 1. The fraction of sp³-hybridized carbons (Fsp3) is 0.538. The Hall–Kier alpha value is -1.96. The number of nitrogens with zero attached hydrogens (tertiary/aromatic N) is 5. The maximum absolute atomic E-state index is 12.7. The van der Waals surface area contributed by atoms with Gasteiger partial charge in [0.1, 0.15) is 5.01 Å². The highest BCUT2D eigenvalue weighted by atomic mass is 32.1. The Bertz CT molecular complexity index is 625. The minimum absolute atomic E-state index is 0.0288. The first-order valence-electron chi connectivity index (χ1n) is 6.86. The SMILES string of the molecule is COc1nc(C(=O)N2CCCCC2c2nccs2)nn1C. The van der Waals surface area contributed by atoms with Crippen molar-refractivity contribution in [1.82, 2.24) is 24.6 Å². The summed E-state index contributed by atoms with van der Waals surface area (Å²) in [4.78, 5) is 23.0. The molecule has 3 heterocycles. The largest absolute Gasteiger partial charge is 0.467 e. The standard InChI is InChI=1S/C13H17N5O2S/c1-17-13(20-2)15-10(16-17)12(19)18-7-4-3-5-9(18)11-14-6-8-21-11/h6,8-9H,3-5,7H2,1-2H3. The van der Waals surface area contributed by atoms with Crippen LogP contribution in [0, 0.1) is 0 Å². The van der Waals surface area contributed by atoms with Gasteiger partial charge in [-0.15, -0.1) is 16.4 Å². The summed E-state index contributed by atoms with van der Waals surface area (Å²) >= 11 is 1.58. The van der Waals surface area contributed by atoms with E-state index in [1.807, 2.05) is 10.3 Å². The third-order valence-electron chi connectivity index (χ3n) is 3.60. The number of thiazole rings is 1. The topological polar surface area (TPSA) is 73.1 Å². The average molecular weight is 307 g/mol. The maximum atomic E-state index is 12.7. The number of likely N-dealkylation sites (tertiary alicyclic amines) is 1. The molecule has 1 aliphatic heterocycles. The van der Waals surface area contributed by atoms with Gasteiger partial charge in [0.15, 0.2) is 0 Å². The number of carbonyl (C=O) groups is 1. The van der Waals surface area contributed by atoms with Crippen molar-refractivity contribution in [2.24, 2.45) is 7.05 Å². The van der Waals surface area contributed by atoms with E-state index in [4.69, 9.17) is 4.74 Å². The molecule has 0 spiro atoms. The molecule has 21 heavy (non-hydrogen) atoms. The van der Waals surface area contributed by atoms with Crippen LogP contribution in [0.3, 0.4) is 0 Å². The molecule has 0 saturated carbocycles. The highest BCUT2D eigenvalue weighted by Gasteiger charge is 2.32. The van der Waals surface area contributed by atoms with Crippen molar-refractivity contribution in [3.05, 3.63) is 22.4 Å². The molecule has 7 nitrogen and oxygen atoms in total. The van der Waals surface area contributed by atoms with Crippen molar-refractivity contribution in [3.8, 4) is 6.01 Å². The highest BCUT2D eigenvalue weighted by molar-refractivity contribution is 7.09. The molecule has 2 aromatic rings. The van der Waals surface area contributed by atoms with E-state index in [-0.39, 0.29) is 17.8 Å². The summed E-state index contributed by atoms with van der Waals surface area (Å²) in [6, 6.07) is 0.363. The van der Waals surface area contributed by atoms with Gasteiger partial charge in [-0.05, 0) is 19.3 Å². The number of ether oxygens (including phenoxy) is 1. The zero-order chi connectivity index (χ0) is 14.8. The molecule has 1 atom stereocenters. The van der Waals surface area contributed by atoms with Gasteiger partial charge in [0.05, 0.1) is 13.2 Å². The minimum atomic E-state index is -0.159. The van der Waals surface area contributed by atoms with Gasteiger partial charge in [0.2, 0.25) is 5.82 Å². The van der Waals surface area contributed by atoms with Gasteiger partial charge < -0.3 is 9.64 Å². The van der Waals surface area contributed by atoms with Crippen LogP contribution in [-0.2, 0) is 7.05 Å². The van der Waals surface area contributed by atoms with E-state index in [1.54, 1.807) is 24.6 Å². The van der Waals surface area contributed by atoms with Crippen molar-refractivity contribution < 1.29 is 9.53 Å². The molecule has 3 rings (SSSR count). The summed E-state index contributed by atoms with van der Waals surface area (Å²) in [6.07, 6.45) is 4.81. The van der Waals surface area contributed by atoms with E-state index in [0.717, 1.165) is 24.3 Å². The second-order valence-corrected chi connectivity index (χ2v) is 5.85.